The molecule has 0 N–H and O–H groups in total. The number of piperidine rings is 1. The van der Waals surface area contributed by atoms with Crippen molar-refractivity contribution >= 4 is 27.3 Å². The zero-order valence-electron chi connectivity index (χ0n) is 13.3. The molecule has 23 heavy (non-hydrogen) atoms. The topological polar surface area (TPSA) is 89.5 Å². The fourth-order valence-electron chi connectivity index (χ4n) is 3.33. The summed E-state index contributed by atoms with van der Waals surface area (Å²) >= 11 is 0.927. The third-order valence-electron chi connectivity index (χ3n) is 4.66. The van der Waals surface area contributed by atoms with Gasteiger partial charge in [-0.1, -0.05) is 4.49 Å². The highest BCUT2D eigenvalue weighted by molar-refractivity contribution is 7.92. The van der Waals surface area contributed by atoms with Crippen LogP contribution in [-0.4, -0.2) is 60.4 Å². The molecule has 7 nitrogen and oxygen atoms in total. The normalized spacial score (nSPS) is 26.6. The van der Waals surface area contributed by atoms with Crippen LogP contribution in [0.4, 0.5) is 0 Å². The summed E-state index contributed by atoms with van der Waals surface area (Å²) in [6, 6.07) is 0. The first kappa shape index (κ1) is 16.8. The minimum Gasteiger partial charge on any atom is -0.365 e. The maximum Gasteiger partial charge on any atom is 0.254 e. The maximum atomic E-state index is 12.6. The summed E-state index contributed by atoms with van der Waals surface area (Å²) in [5, 5.41) is 4.03. The molecule has 3 heterocycles. The van der Waals surface area contributed by atoms with Crippen molar-refractivity contribution < 1.29 is 17.9 Å². The highest BCUT2D eigenvalue weighted by Crippen LogP contribution is 2.34. The molecule has 2 aliphatic heterocycles. The molecule has 1 amide bonds. The van der Waals surface area contributed by atoms with Crippen molar-refractivity contribution in [1.82, 2.24) is 14.5 Å². The Hall–Kier alpha value is -1.06. The van der Waals surface area contributed by atoms with Gasteiger partial charge in [0.15, 0.2) is 14.0 Å². The zero-order chi connectivity index (χ0) is 16.7. The molecule has 1 atom stereocenters. The first-order valence-electron chi connectivity index (χ1n) is 7.77. The van der Waals surface area contributed by atoms with Crippen molar-refractivity contribution in [2.75, 3.05) is 26.0 Å². The van der Waals surface area contributed by atoms with Gasteiger partial charge in [0.2, 0.25) is 0 Å². The lowest BCUT2D eigenvalue weighted by atomic mass is 9.92. The molecule has 2 saturated heterocycles. The molecule has 0 radical (unpaired) electrons. The number of nitrogens with zero attached hydrogens (tertiary/aromatic N) is 3. The van der Waals surface area contributed by atoms with Gasteiger partial charge in [0.05, 0.1) is 5.69 Å². The Kier molecular flexibility index (Phi) is 4.45. The average molecular weight is 359 g/mol. The number of hydrogen-bond acceptors (Lipinski definition) is 7. The maximum absolute atomic E-state index is 12.6. The van der Waals surface area contributed by atoms with Crippen molar-refractivity contribution in [2.45, 2.75) is 48.3 Å². The van der Waals surface area contributed by atoms with E-state index in [0.29, 0.717) is 38.2 Å². The molecule has 9 heteroatoms. The predicted octanol–water partition coefficient (Wildman–Crippen LogP) is 1.22. The van der Waals surface area contributed by atoms with Crippen LogP contribution >= 0.6 is 11.5 Å². The van der Waals surface area contributed by atoms with Crippen molar-refractivity contribution in [1.29, 1.82) is 0 Å². The van der Waals surface area contributed by atoms with Gasteiger partial charge in [-0.25, -0.2) is 8.42 Å². The smallest absolute Gasteiger partial charge is 0.254 e. The van der Waals surface area contributed by atoms with Crippen molar-refractivity contribution in [3.63, 3.8) is 0 Å². The van der Waals surface area contributed by atoms with Gasteiger partial charge in [0.25, 0.3) is 5.91 Å². The lowest BCUT2D eigenvalue weighted by Crippen LogP contribution is -2.49. The molecule has 1 aromatic heterocycles. The summed E-state index contributed by atoms with van der Waals surface area (Å²) in [6.07, 6.45) is 4.27. The second-order valence-corrected chi connectivity index (χ2v) is 9.43. The van der Waals surface area contributed by atoms with Crippen LogP contribution in [-0.2, 0) is 19.4 Å². The van der Waals surface area contributed by atoms with Crippen LogP contribution in [0.5, 0.6) is 0 Å². The fourth-order valence-corrected chi connectivity index (χ4v) is 5.07. The quantitative estimate of drug-likeness (QED) is 0.806. The van der Waals surface area contributed by atoms with E-state index in [1.54, 1.807) is 0 Å². The summed E-state index contributed by atoms with van der Waals surface area (Å²) < 4.78 is 33.3. The summed E-state index contributed by atoms with van der Waals surface area (Å²) in [4.78, 5) is 14.5. The van der Waals surface area contributed by atoms with Crippen LogP contribution in [0.25, 0.3) is 0 Å². The first-order chi connectivity index (χ1) is 10.8. The van der Waals surface area contributed by atoms with E-state index in [1.165, 1.54) is 6.26 Å². The zero-order valence-corrected chi connectivity index (χ0v) is 15.0. The number of amides is 1. The lowest BCUT2D eigenvalue weighted by molar-refractivity contribution is -0.152. The van der Waals surface area contributed by atoms with E-state index in [4.69, 9.17) is 4.74 Å². The molecule has 2 fully saturated rings. The van der Waals surface area contributed by atoms with Gasteiger partial charge in [-0.2, -0.15) is 0 Å². The van der Waals surface area contributed by atoms with Crippen LogP contribution in [0.1, 0.15) is 44.2 Å². The second-order valence-electron chi connectivity index (χ2n) is 6.47. The number of carbonyl (C=O) groups is 1. The number of hydrogen-bond donors (Lipinski definition) is 0. The van der Waals surface area contributed by atoms with Gasteiger partial charge in [-0.05, 0) is 32.6 Å². The lowest BCUT2D eigenvalue weighted by Gasteiger charge is -2.36. The minimum absolute atomic E-state index is 0.0415. The average Bonchev–Trinajstić information content (AvgIpc) is 3.16. The van der Waals surface area contributed by atoms with Gasteiger partial charge in [0.1, 0.15) is 5.60 Å². The number of ether oxygens (including phenoxy) is 1. The van der Waals surface area contributed by atoms with E-state index in [-0.39, 0.29) is 16.0 Å². The van der Waals surface area contributed by atoms with E-state index in [9.17, 15) is 13.2 Å². The minimum atomic E-state index is -3.30. The van der Waals surface area contributed by atoms with Crippen LogP contribution in [0, 0.1) is 0 Å². The number of carbonyl (C=O) groups excluding carboxylic acids is 1. The van der Waals surface area contributed by atoms with Gasteiger partial charge in [0, 0.05) is 43.4 Å². The van der Waals surface area contributed by atoms with Gasteiger partial charge < -0.3 is 9.64 Å². The summed E-state index contributed by atoms with van der Waals surface area (Å²) in [7, 11) is -3.30. The van der Waals surface area contributed by atoms with E-state index < -0.39 is 15.4 Å². The number of sulfone groups is 1. The third kappa shape index (κ3) is 3.27. The Balaban J connectivity index is 1.67. The standard InChI is InChI=1S/C14H21N3O4S2/c1-14(6-3-9-21-14)13(18)17-7-4-10(5-8-17)11-12(22-16-15-11)23(2,19)20/h10H,3-9H2,1-2H3. The van der Waals surface area contributed by atoms with Crippen molar-refractivity contribution in [2.24, 2.45) is 0 Å². The molecule has 1 aromatic rings. The highest BCUT2D eigenvalue weighted by atomic mass is 32.2. The van der Waals surface area contributed by atoms with Gasteiger partial charge in [-0.15, -0.1) is 5.10 Å². The fraction of sp³-hybridized carbons (Fsp3) is 0.786. The van der Waals surface area contributed by atoms with Crippen LogP contribution in [0.15, 0.2) is 4.21 Å². The predicted molar refractivity (Wildman–Crippen MR) is 85.2 cm³/mol. The number of likely N-dealkylation sites (tertiary alicyclic amines) is 1. The molecule has 2 aliphatic rings. The molecule has 1 unspecified atom stereocenters. The molecule has 0 spiro atoms. The SMILES string of the molecule is CC1(C(=O)N2CCC(c3nnsc3S(C)(=O)=O)CC2)CCCO1. The summed E-state index contributed by atoms with van der Waals surface area (Å²) in [6.45, 7) is 3.70. The monoisotopic (exact) mass is 359 g/mol. The molecule has 3 rings (SSSR count). The van der Waals surface area contributed by atoms with E-state index in [1.807, 2.05) is 11.8 Å². The Morgan fingerprint density at radius 3 is 2.65 bits per heavy atom. The third-order valence-corrected chi connectivity index (χ3v) is 7.21. The van der Waals surface area contributed by atoms with Crippen LogP contribution in [0.3, 0.4) is 0 Å². The number of aromatic nitrogens is 2. The molecular weight excluding hydrogens is 338 g/mol. The Morgan fingerprint density at radius 1 is 1.39 bits per heavy atom. The molecule has 0 aromatic carbocycles. The second kappa shape index (κ2) is 6.10. The highest BCUT2D eigenvalue weighted by Gasteiger charge is 2.42. The Bertz CT molecular complexity index is 687. The van der Waals surface area contributed by atoms with Gasteiger partial charge in [-0.3, -0.25) is 4.79 Å². The van der Waals surface area contributed by atoms with E-state index in [2.05, 4.69) is 9.59 Å². The Labute approximate surface area is 140 Å². The van der Waals surface area contributed by atoms with Crippen molar-refractivity contribution in [3.05, 3.63) is 5.69 Å². The molecular formula is C14H21N3O4S2. The summed E-state index contributed by atoms with van der Waals surface area (Å²) in [5.41, 5.74) is -0.125. The molecule has 0 saturated carbocycles. The molecule has 128 valence electrons. The molecule has 0 bridgehead atoms. The van der Waals surface area contributed by atoms with E-state index >= 15 is 0 Å². The van der Waals surface area contributed by atoms with Crippen LogP contribution < -0.4 is 0 Å². The van der Waals surface area contributed by atoms with Crippen molar-refractivity contribution in [3.8, 4) is 0 Å². The first-order valence-corrected chi connectivity index (χ1v) is 10.4. The molecule has 0 aliphatic carbocycles. The number of rotatable bonds is 3. The van der Waals surface area contributed by atoms with Crippen LogP contribution in [0.2, 0.25) is 0 Å². The van der Waals surface area contributed by atoms with Gasteiger partial charge >= 0.3 is 0 Å². The largest absolute Gasteiger partial charge is 0.365 e. The summed E-state index contributed by atoms with van der Waals surface area (Å²) in [5.74, 6) is 0.0908. The van der Waals surface area contributed by atoms with E-state index in [0.717, 1.165) is 24.4 Å². The Morgan fingerprint density at radius 2 is 2.09 bits per heavy atom.